The van der Waals surface area contributed by atoms with Crippen molar-refractivity contribution in [3.05, 3.63) is 83.6 Å². The highest BCUT2D eigenvalue weighted by molar-refractivity contribution is 6.00. The Hall–Kier alpha value is -4.27. The number of nitrogens with zero attached hydrogens (tertiary/aromatic N) is 3. The second-order valence-electron chi connectivity index (χ2n) is 11.7. The van der Waals surface area contributed by atoms with Crippen molar-refractivity contribution in [1.29, 1.82) is 5.41 Å². The molecule has 1 aliphatic rings. The topological polar surface area (TPSA) is 102 Å². The minimum atomic E-state index is -0.539. The standard InChI is InChI=1S/C30H37N5O4.C4H10.C2H6/c1-6-32-27-26(21(2)31)35(23-12-14-25(15-13-23)38-24-10-8-7-9-11-24)28(36)34(27)20-22-16-18-33(19-17-22)29(37)39-30(3,4)5;1-3-4-2;1-2/h6-15,22,31-32H,1,16-20H2,2-5H3;3-4H2,1-2H3;1-2H3. The van der Waals surface area contributed by atoms with Crippen molar-refractivity contribution in [2.45, 2.75) is 93.2 Å². The highest BCUT2D eigenvalue weighted by atomic mass is 16.6. The summed E-state index contributed by atoms with van der Waals surface area (Å²) in [6, 6.07) is 16.7. The maximum Gasteiger partial charge on any atom is 0.410 e. The molecule has 0 saturated carbocycles. The molecular formula is C36H53N5O4. The van der Waals surface area contributed by atoms with Crippen LogP contribution in [0.4, 0.5) is 10.6 Å². The van der Waals surface area contributed by atoms with Gasteiger partial charge in [0, 0.05) is 19.6 Å². The number of amides is 1. The van der Waals surface area contributed by atoms with Crippen LogP contribution in [0.1, 0.15) is 86.8 Å². The second-order valence-corrected chi connectivity index (χ2v) is 11.7. The van der Waals surface area contributed by atoms with E-state index in [2.05, 4.69) is 25.7 Å². The molecule has 45 heavy (non-hydrogen) atoms. The van der Waals surface area contributed by atoms with Gasteiger partial charge in [-0.1, -0.05) is 65.3 Å². The SMILES string of the molecule is C=CNc1c(C(C)=N)n(-c2ccc(Oc3ccccc3)cc2)c(=O)n1CC1CCN(C(=O)OC(C)(C)C)CC1.CC.CCCC. The summed E-state index contributed by atoms with van der Waals surface area (Å²) >= 11 is 0. The van der Waals surface area contributed by atoms with Crippen molar-refractivity contribution >= 4 is 17.6 Å². The van der Waals surface area contributed by atoms with E-state index in [0.717, 1.165) is 18.6 Å². The molecule has 0 spiro atoms. The number of rotatable bonds is 9. The van der Waals surface area contributed by atoms with E-state index in [1.807, 2.05) is 89.2 Å². The Labute approximate surface area is 269 Å². The zero-order valence-electron chi connectivity index (χ0n) is 28.5. The van der Waals surface area contributed by atoms with Crippen LogP contribution in [0.2, 0.25) is 0 Å². The number of para-hydroxylation sites is 1. The average Bonchev–Trinajstić information content (AvgIpc) is 3.29. The highest BCUT2D eigenvalue weighted by Gasteiger charge is 2.29. The third-order valence-electron chi connectivity index (χ3n) is 7.01. The van der Waals surface area contributed by atoms with Crippen LogP contribution in [-0.4, -0.2) is 44.5 Å². The van der Waals surface area contributed by atoms with Gasteiger partial charge in [0.2, 0.25) is 0 Å². The van der Waals surface area contributed by atoms with Crippen LogP contribution in [0, 0.1) is 11.3 Å². The van der Waals surface area contributed by atoms with Gasteiger partial charge < -0.3 is 25.1 Å². The number of aromatic nitrogens is 2. The molecule has 2 N–H and O–H groups in total. The molecule has 0 unspecified atom stereocenters. The number of imidazole rings is 1. The summed E-state index contributed by atoms with van der Waals surface area (Å²) in [6.07, 6.45) is 5.34. The molecule has 1 aromatic heterocycles. The fourth-order valence-corrected chi connectivity index (χ4v) is 4.71. The minimum Gasteiger partial charge on any atom is -0.457 e. The molecule has 1 fully saturated rings. The van der Waals surface area contributed by atoms with Crippen molar-refractivity contribution in [1.82, 2.24) is 14.0 Å². The van der Waals surface area contributed by atoms with Crippen LogP contribution in [0.3, 0.4) is 0 Å². The molecule has 9 heteroatoms. The smallest absolute Gasteiger partial charge is 0.410 e. The van der Waals surface area contributed by atoms with Gasteiger partial charge in [0.05, 0.1) is 11.4 Å². The number of carbonyl (C=O) groups excluding carboxylic acids is 1. The molecule has 1 saturated heterocycles. The summed E-state index contributed by atoms with van der Waals surface area (Å²) in [5.41, 5.74) is 0.574. The molecule has 0 bridgehead atoms. The Morgan fingerprint density at radius 2 is 1.56 bits per heavy atom. The van der Waals surface area contributed by atoms with Gasteiger partial charge in [0.1, 0.15) is 28.6 Å². The number of ether oxygens (including phenoxy) is 2. The molecular weight excluding hydrogens is 566 g/mol. The third-order valence-corrected chi connectivity index (χ3v) is 7.01. The van der Waals surface area contributed by atoms with Gasteiger partial charge in [-0.2, -0.15) is 0 Å². The lowest BCUT2D eigenvalue weighted by molar-refractivity contribution is 0.0178. The average molecular weight is 620 g/mol. The van der Waals surface area contributed by atoms with Crippen molar-refractivity contribution in [2.75, 3.05) is 18.4 Å². The van der Waals surface area contributed by atoms with Gasteiger partial charge >= 0.3 is 11.8 Å². The lowest BCUT2D eigenvalue weighted by Crippen LogP contribution is -2.42. The van der Waals surface area contributed by atoms with E-state index in [0.29, 0.717) is 42.6 Å². The van der Waals surface area contributed by atoms with E-state index >= 15 is 0 Å². The number of hydrogen-bond acceptors (Lipinski definition) is 6. The largest absolute Gasteiger partial charge is 0.457 e. The first-order chi connectivity index (χ1) is 21.5. The quantitative estimate of drug-likeness (QED) is 0.233. The number of piperidine rings is 1. The predicted octanol–water partition coefficient (Wildman–Crippen LogP) is 8.85. The molecule has 246 valence electrons. The van der Waals surface area contributed by atoms with E-state index in [9.17, 15) is 9.59 Å². The Bertz CT molecular complexity index is 1410. The lowest BCUT2D eigenvalue weighted by Gasteiger charge is -2.33. The Morgan fingerprint density at radius 1 is 1.00 bits per heavy atom. The van der Waals surface area contributed by atoms with Crippen molar-refractivity contribution < 1.29 is 14.3 Å². The first kappa shape index (κ1) is 36.9. The monoisotopic (exact) mass is 619 g/mol. The highest BCUT2D eigenvalue weighted by Crippen LogP contribution is 2.27. The molecule has 1 amide bonds. The third kappa shape index (κ3) is 10.7. The summed E-state index contributed by atoms with van der Waals surface area (Å²) in [6.45, 7) is 21.0. The molecule has 0 radical (unpaired) electrons. The van der Waals surface area contributed by atoms with E-state index in [1.54, 1.807) is 21.0 Å². The van der Waals surface area contributed by atoms with E-state index in [1.165, 1.54) is 19.0 Å². The molecule has 2 aromatic carbocycles. The molecule has 2 heterocycles. The first-order valence-corrected chi connectivity index (χ1v) is 16.1. The summed E-state index contributed by atoms with van der Waals surface area (Å²) in [5, 5.41) is 11.6. The number of carbonyl (C=O) groups is 1. The molecule has 3 aromatic rings. The molecule has 1 aliphatic heterocycles. The Balaban J connectivity index is 0.00000109. The van der Waals surface area contributed by atoms with E-state index < -0.39 is 5.60 Å². The van der Waals surface area contributed by atoms with Crippen LogP contribution in [-0.2, 0) is 11.3 Å². The van der Waals surface area contributed by atoms with Gasteiger partial charge in [-0.25, -0.2) is 9.59 Å². The van der Waals surface area contributed by atoms with E-state index in [-0.39, 0.29) is 23.4 Å². The molecule has 0 atom stereocenters. The fourth-order valence-electron chi connectivity index (χ4n) is 4.71. The maximum absolute atomic E-state index is 13.8. The van der Waals surface area contributed by atoms with Crippen molar-refractivity contribution in [2.24, 2.45) is 5.92 Å². The lowest BCUT2D eigenvalue weighted by atomic mass is 9.97. The molecule has 4 rings (SSSR count). The summed E-state index contributed by atoms with van der Waals surface area (Å²) in [4.78, 5) is 28.0. The van der Waals surface area contributed by atoms with Gasteiger partial charge in [0.25, 0.3) is 0 Å². The van der Waals surface area contributed by atoms with Crippen LogP contribution < -0.4 is 15.7 Å². The number of unbranched alkanes of at least 4 members (excludes halogenated alkanes) is 1. The summed E-state index contributed by atoms with van der Waals surface area (Å²) < 4.78 is 14.6. The minimum absolute atomic E-state index is 0.183. The maximum atomic E-state index is 13.8. The van der Waals surface area contributed by atoms with Gasteiger partial charge in [0.15, 0.2) is 0 Å². The summed E-state index contributed by atoms with van der Waals surface area (Å²) in [7, 11) is 0. The number of anilines is 1. The number of nitrogens with one attached hydrogen (secondary N) is 2. The van der Waals surface area contributed by atoms with Crippen molar-refractivity contribution in [3.63, 3.8) is 0 Å². The zero-order chi connectivity index (χ0) is 33.6. The Kier molecular flexibility index (Phi) is 14.7. The zero-order valence-corrected chi connectivity index (χ0v) is 28.5. The van der Waals surface area contributed by atoms with Crippen molar-refractivity contribution in [3.8, 4) is 17.2 Å². The van der Waals surface area contributed by atoms with Crippen LogP contribution in [0.5, 0.6) is 11.5 Å². The second kappa shape index (κ2) is 17.9. The number of likely N-dealkylation sites (tertiary alicyclic amines) is 1. The van der Waals surface area contributed by atoms with Crippen LogP contribution in [0.15, 0.2) is 72.2 Å². The van der Waals surface area contributed by atoms with Crippen LogP contribution in [0.25, 0.3) is 5.69 Å². The number of benzene rings is 2. The number of hydrogen-bond donors (Lipinski definition) is 2. The normalized spacial score (nSPS) is 13.0. The fraction of sp³-hybridized carbons (Fsp3) is 0.472. The van der Waals surface area contributed by atoms with Gasteiger partial charge in [-0.3, -0.25) is 9.13 Å². The molecule has 9 nitrogen and oxygen atoms in total. The van der Waals surface area contributed by atoms with Gasteiger partial charge in [-0.05, 0) is 89.1 Å². The first-order valence-electron chi connectivity index (χ1n) is 16.1. The van der Waals surface area contributed by atoms with E-state index in [4.69, 9.17) is 14.9 Å². The Morgan fingerprint density at radius 3 is 2.04 bits per heavy atom. The van der Waals surface area contributed by atoms with Crippen LogP contribution >= 0.6 is 0 Å². The summed E-state index contributed by atoms with van der Waals surface area (Å²) in [5.74, 6) is 2.08. The molecule has 0 aliphatic carbocycles. The van der Waals surface area contributed by atoms with Gasteiger partial charge in [-0.15, -0.1) is 0 Å². The predicted molar refractivity (Wildman–Crippen MR) is 185 cm³/mol.